The van der Waals surface area contributed by atoms with Crippen LogP contribution < -0.4 is 4.74 Å². The van der Waals surface area contributed by atoms with Gasteiger partial charge >= 0.3 is 0 Å². The van der Waals surface area contributed by atoms with Crippen molar-refractivity contribution in [2.75, 3.05) is 53.4 Å². The third-order valence-corrected chi connectivity index (χ3v) is 7.77. The molecule has 0 aliphatic carbocycles. The highest BCUT2D eigenvalue weighted by atomic mass is 32.2. The van der Waals surface area contributed by atoms with Gasteiger partial charge in [0.1, 0.15) is 5.75 Å². The first-order valence-corrected chi connectivity index (χ1v) is 13.1. The average molecular weight is 498 g/mol. The first-order chi connectivity index (χ1) is 16.9. The molecule has 0 spiro atoms. The van der Waals surface area contributed by atoms with Crippen LogP contribution in [0, 0.1) is 0 Å². The maximum atomic E-state index is 13.7. The Hall–Kier alpha value is -2.78. The number of fused-ring (bicyclic) bond motifs is 1. The number of likely N-dealkylation sites (N-methyl/N-ethyl adjacent to an activating group) is 2. The monoisotopic (exact) mass is 497 g/mol. The van der Waals surface area contributed by atoms with Gasteiger partial charge in [-0.15, -0.1) is 0 Å². The van der Waals surface area contributed by atoms with E-state index in [0.29, 0.717) is 24.4 Å². The van der Waals surface area contributed by atoms with Crippen molar-refractivity contribution in [1.29, 1.82) is 0 Å². The number of rotatable bonds is 7. The molecule has 1 atom stereocenters. The number of hydrogen-bond donors (Lipinski definition) is 0. The summed E-state index contributed by atoms with van der Waals surface area (Å²) in [6.07, 6.45) is 0.280. The minimum absolute atomic E-state index is 0.0234. The second-order valence-electron chi connectivity index (χ2n) is 9.01. The summed E-state index contributed by atoms with van der Waals surface area (Å²) >= 11 is 1.51. The molecule has 1 fully saturated rings. The molecule has 0 radical (unpaired) electrons. The van der Waals surface area contributed by atoms with Crippen LogP contribution in [0.2, 0.25) is 0 Å². The van der Waals surface area contributed by atoms with E-state index < -0.39 is 0 Å². The number of ether oxygens (including phenoxy) is 1. The zero-order valence-electron chi connectivity index (χ0n) is 21.3. The van der Waals surface area contributed by atoms with Crippen LogP contribution >= 0.6 is 11.8 Å². The molecule has 0 saturated carbocycles. The summed E-state index contributed by atoms with van der Waals surface area (Å²) in [6.45, 7) is 10.4. The predicted molar refractivity (Wildman–Crippen MR) is 140 cm³/mol. The summed E-state index contributed by atoms with van der Waals surface area (Å²) in [5.41, 5.74) is 3.18. The maximum absolute atomic E-state index is 13.7. The first kappa shape index (κ1) is 25.3. The van der Waals surface area contributed by atoms with Crippen LogP contribution in [0.15, 0.2) is 51.6 Å². The number of benzene rings is 1. The number of carbonyl (C=O) groups is 2. The Morgan fingerprint density at radius 3 is 2.54 bits per heavy atom. The number of allylic oxidation sites excluding steroid dienone is 1. The number of piperazine rings is 1. The van der Waals surface area contributed by atoms with Crippen molar-refractivity contribution < 1.29 is 14.3 Å². The summed E-state index contributed by atoms with van der Waals surface area (Å²) in [7, 11) is 3.72. The van der Waals surface area contributed by atoms with E-state index in [1.54, 1.807) is 7.11 Å². The zero-order valence-corrected chi connectivity index (χ0v) is 22.1. The van der Waals surface area contributed by atoms with E-state index in [1.165, 1.54) is 11.8 Å². The van der Waals surface area contributed by atoms with Gasteiger partial charge in [-0.3, -0.25) is 9.59 Å². The fourth-order valence-corrected chi connectivity index (χ4v) is 5.74. The average Bonchev–Trinajstić information content (AvgIpc) is 3.25. The van der Waals surface area contributed by atoms with E-state index in [2.05, 4.69) is 16.8 Å². The molecule has 3 aliphatic rings. The number of carbonyl (C=O) groups excluding carboxylic acids is 2. The standard InChI is InChI=1S/C26H35N5O3S/c1-6-29(7-2)25(33)23-18(3)27-26-31(24(23)19-9-8-10-21(15-19)34-5)20(17-35-26)16-22(32)30-13-11-28(4)12-14-30/h8-10,15,17,24H,6-7,11-14,16H2,1-5H3. The molecule has 188 valence electrons. The van der Waals surface area contributed by atoms with E-state index >= 15 is 0 Å². The van der Waals surface area contributed by atoms with Crippen molar-refractivity contribution in [3.63, 3.8) is 0 Å². The fraction of sp³-hybridized carbons (Fsp3) is 0.500. The highest BCUT2D eigenvalue weighted by Crippen LogP contribution is 2.45. The lowest BCUT2D eigenvalue weighted by molar-refractivity contribution is -0.132. The second kappa shape index (κ2) is 10.9. The van der Waals surface area contributed by atoms with Crippen LogP contribution in [-0.2, 0) is 9.59 Å². The van der Waals surface area contributed by atoms with Gasteiger partial charge < -0.3 is 24.3 Å². The van der Waals surface area contributed by atoms with Crippen LogP contribution in [0.1, 0.15) is 38.8 Å². The molecule has 35 heavy (non-hydrogen) atoms. The summed E-state index contributed by atoms with van der Waals surface area (Å²) in [5, 5.41) is 2.81. The van der Waals surface area contributed by atoms with Gasteiger partial charge in [-0.25, -0.2) is 4.99 Å². The lowest BCUT2D eigenvalue weighted by atomic mass is 9.92. The lowest BCUT2D eigenvalue weighted by Crippen LogP contribution is -2.47. The Bertz CT molecular complexity index is 1070. The van der Waals surface area contributed by atoms with Crippen LogP contribution in [-0.4, -0.2) is 90.0 Å². The van der Waals surface area contributed by atoms with Gasteiger partial charge in [0.05, 0.1) is 30.8 Å². The van der Waals surface area contributed by atoms with Crippen LogP contribution in [0.3, 0.4) is 0 Å². The number of amides is 2. The molecular formula is C26H35N5O3S. The largest absolute Gasteiger partial charge is 0.497 e. The topological polar surface area (TPSA) is 68.7 Å². The molecule has 0 bridgehead atoms. The Kier molecular flexibility index (Phi) is 7.86. The number of amidine groups is 1. The minimum Gasteiger partial charge on any atom is -0.497 e. The van der Waals surface area contributed by atoms with Crippen molar-refractivity contribution in [3.05, 3.63) is 52.2 Å². The molecule has 3 aliphatic heterocycles. The van der Waals surface area contributed by atoms with Gasteiger partial charge in [-0.05, 0) is 50.9 Å². The van der Waals surface area contributed by atoms with E-state index in [-0.39, 0.29) is 24.3 Å². The minimum atomic E-state index is -0.382. The van der Waals surface area contributed by atoms with Gasteiger partial charge in [-0.2, -0.15) is 0 Å². The molecular weight excluding hydrogens is 462 g/mol. The highest BCUT2D eigenvalue weighted by molar-refractivity contribution is 8.16. The van der Waals surface area contributed by atoms with E-state index in [1.807, 2.05) is 60.2 Å². The van der Waals surface area contributed by atoms with Crippen LogP contribution in [0.4, 0.5) is 0 Å². The van der Waals surface area contributed by atoms with Crippen LogP contribution in [0.5, 0.6) is 5.75 Å². The smallest absolute Gasteiger partial charge is 0.254 e. The number of methoxy groups -OCH3 is 1. The Morgan fingerprint density at radius 2 is 1.89 bits per heavy atom. The number of hydrogen-bond acceptors (Lipinski definition) is 7. The molecule has 0 N–H and O–H groups in total. The highest BCUT2D eigenvalue weighted by Gasteiger charge is 2.41. The Balaban J connectivity index is 1.71. The molecule has 1 aromatic rings. The predicted octanol–water partition coefficient (Wildman–Crippen LogP) is 3.30. The van der Waals surface area contributed by atoms with Gasteiger partial charge in [-0.1, -0.05) is 23.9 Å². The first-order valence-electron chi connectivity index (χ1n) is 12.2. The van der Waals surface area contributed by atoms with Gasteiger partial charge in [0, 0.05) is 45.0 Å². The molecule has 0 aromatic heterocycles. The Labute approximate surface area is 212 Å². The van der Waals surface area contributed by atoms with Crippen molar-refractivity contribution >= 4 is 28.7 Å². The van der Waals surface area contributed by atoms with E-state index in [9.17, 15) is 9.59 Å². The molecule has 1 aromatic carbocycles. The van der Waals surface area contributed by atoms with E-state index in [4.69, 9.17) is 9.73 Å². The van der Waals surface area contributed by atoms with Crippen molar-refractivity contribution in [2.24, 2.45) is 4.99 Å². The Morgan fingerprint density at radius 1 is 1.17 bits per heavy atom. The second-order valence-corrected chi connectivity index (χ2v) is 9.84. The third kappa shape index (κ3) is 5.11. The molecule has 3 heterocycles. The molecule has 8 nitrogen and oxygen atoms in total. The number of nitrogens with zero attached hydrogens (tertiary/aromatic N) is 5. The molecule has 1 unspecified atom stereocenters. The SMILES string of the molecule is CCN(CC)C(=O)C1=C(C)N=C2SC=C(CC(=O)N3CCN(C)CC3)N2C1c1cccc(OC)c1. The third-order valence-electron chi connectivity index (χ3n) is 6.88. The molecule has 4 rings (SSSR count). The fourth-order valence-electron chi connectivity index (χ4n) is 4.77. The molecule has 2 amide bonds. The van der Waals surface area contributed by atoms with Crippen molar-refractivity contribution in [2.45, 2.75) is 33.2 Å². The summed E-state index contributed by atoms with van der Waals surface area (Å²) in [6, 6.07) is 7.44. The van der Waals surface area contributed by atoms with E-state index in [0.717, 1.165) is 48.4 Å². The number of thioether (sulfide) groups is 1. The number of aliphatic imine (C=N–C) groups is 1. The summed E-state index contributed by atoms with van der Waals surface area (Å²) < 4.78 is 5.50. The zero-order chi connectivity index (χ0) is 25.1. The quantitative estimate of drug-likeness (QED) is 0.576. The molecule has 9 heteroatoms. The summed E-state index contributed by atoms with van der Waals surface area (Å²) in [5.74, 6) is 0.813. The van der Waals surface area contributed by atoms with Crippen molar-refractivity contribution in [3.8, 4) is 5.75 Å². The van der Waals surface area contributed by atoms with Gasteiger partial charge in [0.25, 0.3) is 5.91 Å². The lowest BCUT2D eigenvalue weighted by Gasteiger charge is -2.39. The maximum Gasteiger partial charge on any atom is 0.254 e. The summed E-state index contributed by atoms with van der Waals surface area (Å²) in [4.78, 5) is 39.9. The molecule has 1 saturated heterocycles. The van der Waals surface area contributed by atoms with Gasteiger partial charge in [0.15, 0.2) is 5.17 Å². The van der Waals surface area contributed by atoms with Crippen molar-refractivity contribution in [1.82, 2.24) is 19.6 Å². The normalized spacial score (nSPS) is 20.4. The van der Waals surface area contributed by atoms with Gasteiger partial charge in [0.2, 0.25) is 5.91 Å². The van der Waals surface area contributed by atoms with Crippen LogP contribution in [0.25, 0.3) is 0 Å².